The first kappa shape index (κ1) is 12.1. The first-order valence-electron chi connectivity index (χ1n) is 5.29. The Kier molecular flexibility index (Phi) is 3.24. The number of hydrogen-bond acceptors (Lipinski definition) is 5. The van der Waals surface area contributed by atoms with Crippen molar-refractivity contribution in [1.82, 2.24) is 0 Å². The predicted molar refractivity (Wildman–Crippen MR) is 65.1 cm³/mol. The van der Waals surface area contributed by atoms with Gasteiger partial charge in [-0.05, 0) is 6.07 Å². The summed E-state index contributed by atoms with van der Waals surface area (Å²) in [5.74, 6) is 0. The zero-order chi connectivity index (χ0) is 13.1. The van der Waals surface area contributed by atoms with Gasteiger partial charge in [0, 0.05) is 12.6 Å². The topological polar surface area (TPSA) is 102 Å². The fourth-order valence-corrected chi connectivity index (χ4v) is 1.78. The first-order valence-corrected chi connectivity index (χ1v) is 5.29. The third kappa shape index (κ3) is 2.03. The number of benzene rings is 1. The maximum atomic E-state index is 11.7. The van der Waals surface area contributed by atoms with Crippen LogP contribution in [0.25, 0.3) is 10.9 Å². The van der Waals surface area contributed by atoms with Crippen LogP contribution in [-0.4, -0.2) is 23.2 Å². The van der Waals surface area contributed by atoms with Gasteiger partial charge in [0.1, 0.15) is 5.39 Å². The molecule has 0 saturated carbocycles. The molecule has 0 fully saturated rings. The highest BCUT2D eigenvalue weighted by molar-refractivity contribution is 5.91. The molecule has 0 unspecified atom stereocenters. The third-order valence-corrected chi connectivity index (χ3v) is 2.51. The van der Waals surface area contributed by atoms with Gasteiger partial charge in [0.15, 0.2) is 5.69 Å². The number of aliphatic hydroxyl groups excluding tert-OH is 1. The lowest BCUT2D eigenvalue weighted by molar-refractivity contribution is -0.576. The van der Waals surface area contributed by atoms with Crippen molar-refractivity contribution in [3.05, 3.63) is 45.8 Å². The van der Waals surface area contributed by atoms with E-state index in [1.165, 1.54) is 12.1 Å². The molecule has 7 nitrogen and oxygen atoms in total. The van der Waals surface area contributed by atoms with E-state index in [1.807, 2.05) is 0 Å². The summed E-state index contributed by atoms with van der Waals surface area (Å²) in [6.45, 7) is -0.0397. The minimum atomic E-state index is -0.540. The van der Waals surface area contributed by atoms with Crippen LogP contribution in [0.5, 0.6) is 0 Å². The van der Waals surface area contributed by atoms with E-state index in [2.05, 4.69) is 5.32 Å². The molecule has 0 saturated heterocycles. The van der Waals surface area contributed by atoms with Crippen LogP contribution in [0.3, 0.4) is 0 Å². The van der Waals surface area contributed by atoms with Gasteiger partial charge < -0.3 is 15.6 Å². The Morgan fingerprint density at radius 3 is 2.78 bits per heavy atom. The summed E-state index contributed by atoms with van der Waals surface area (Å²) in [4.78, 5) is 10.6. The molecule has 0 bridgehead atoms. The van der Waals surface area contributed by atoms with E-state index in [-0.39, 0.29) is 35.4 Å². The fourth-order valence-electron chi connectivity index (χ4n) is 1.78. The van der Waals surface area contributed by atoms with Crippen LogP contribution >= 0.6 is 0 Å². The van der Waals surface area contributed by atoms with Crippen molar-refractivity contribution in [3.63, 3.8) is 0 Å². The van der Waals surface area contributed by atoms with E-state index in [0.717, 1.165) is 6.20 Å². The molecule has 7 heteroatoms. The quantitative estimate of drug-likeness (QED) is 0.361. The molecule has 2 aromatic rings. The van der Waals surface area contributed by atoms with Gasteiger partial charge in [-0.3, -0.25) is 10.1 Å². The largest absolute Gasteiger partial charge is 0.618 e. The van der Waals surface area contributed by atoms with Crippen molar-refractivity contribution in [2.75, 3.05) is 18.5 Å². The minimum Gasteiger partial charge on any atom is -0.618 e. The zero-order valence-electron chi connectivity index (χ0n) is 9.37. The Balaban J connectivity index is 2.70. The Labute approximate surface area is 102 Å². The van der Waals surface area contributed by atoms with Gasteiger partial charge in [-0.15, -0.1) is 0 Å². The molecular weight excluding hydrogens is 238 g/mol. The molecule has 1 aromatic heterocycles. The van der Waals surface area contributed by atoms with E-state index in [4.69, 9.17) is 5.11 Å². The maximum absolute atomic E-state index is 11.7. The Morgan fingerprint density at radius 2 is 2.11 bits per heavy atom. The molecular formula is C11H11N3O4. The van der Waals surface area contributed by atoms with Crippen molar-refractivity contribution in [1.29, 1.82) is 0 Å². The lowest BCUT2D eigenvalue weighted by Gasteiger charge is -2.08. The fraction of sp³-hybridized carbons (Fsp3) is 0.182. The van der Waals surface area contributed by atoms with Gasteiger partial charge >= 0.3 is 5.69 Å². The van der Waals surface area contributed by atoms with E-state index in [1.54, 1.807) is 12.1 Å². The number of nitrogens with zero attached hydrogens (tertiary/aromatic N) is 2. The average molecular weight is 249 g/mol. The molecule has 94 valence electrons. The van der Waals surface area contributed by atoms with Crippen LogP contribution in [0, 0.1) is 15.3 Å². The molecule has 0 atom stereocenters. The van der Waals surface area contributed by atoms with Crippen molar-refractivity contribution in [2.24, 2.45) is 0 Å². The summed E-state index contributed by atoms with van der Waals surface area (Å²) in [5, 5.41) is 34.5. The monoisotopic (exact) mass is 249 g/mol. The van der Waals surface area contributed by atoms with Crippen molar-refractivity contribution >= 4 is 22.3 Å². The van der Waals surface area contributed by atoms with Crippen LogP contribution in [0.1, 0.15) is 0 Å². The number of nitro groups is 1. The van der Waals surface area contributed by atoms with Crippen LogP contribution in [0.4, 0.5) is 11.4 Å². The smallest absolute Gasteiger partial charge is 0.312 e. The lowest BCUT2D eigenvalue weighted by atomic mass is 10.1. The Bertz CT molecular complexity index is 600. The lowest BCUT2D eigenvalue weighted by Crippen LogP contribution is -2.28. The number of pyridine rings is 1. The molecule has 0 radical (unpaired) electrons. The van der Waals surface area contributed by atoms with E-state index in [0.29, 0.717) is 4.73 Å². The Morgan fingerprint density at radius 1 is 1.39 bits per heavy atom. The molecule has 1 heterocycles. The minimum absolute atomic E-state index is 0.0998. The second-order valence-corrected chi connectivity index (χ2v) is 3.64. The van der Waals surface area contributed by atoms with Gasteiger partial charge in [-0.25, -0.2) is 0 Å². The number of fused-ring (bicyclic) bond motifs is 1. The maximum Gasteiger partial charge on any atom is 0.312 e. The van der Waals surface area contributed by atoms with Crippen molar-refractivity contribution in [3.8, 4) is 0 Å². The van der Waals surface area contributed by atoms with Gasteiger partial charge in [-0.2, -0.15) is 4.73 Å². The van der Waals surface area contributed by atoms with Crippen LogP contribution in [0.2, 0.25) is 0 Å². The molecule has 2 rings (SSSR count). The molecule has 0 spiro atoms. The molecule has 2 N–H and O–H groups in total. The summed E-state index contributed by atoms with van der Waals surface area (Å²) >= 11 is 0. The summed E-state index contributed by atoms with van der Waals surface area (Å²) in [7, 11) is 0. The van der Waals surface area contributed by atoms with Gasteiger partial charge in [0.25, 0.3) is 0 Å². The molecule has 1 aromatic carbocycles. The highest BCUT2D eigenvalue weighted by Crippen LogP contribution is 2.30. The Hall–Kier alpha value is -2.41. The molecule has 18 heavy (non-hydrogen) atoms. The number of anilines is 1. The first-order chi connectivity index (χ1) is 8.65. The number of aliphatic hydroxyl groups is 1. The second kappa shape index (κ2) is 4.84. The van der Waals surface area contributed by atoms with E-state index < -0.39 is 4.92 Å². The van der Waals surface area contributed by atoms with Crippen LogP contribution in [-0.2, 0) is 0 Å². The molecule has 0 aliphatic rings. The number of aromatic nitrogens is 1. The number of para-hydroxylation sites is 1. The number of hydrogen-bond donors (Lipinski definition) is 2. The highest BCUT2D eigenvalue weighted by atomic mass is 16.6. The summed E-state index contributed by atoms with van der Waals surface area (Å²) < 4.78 is 0.571. The van der Waals surface area contributed by atoms with E-state index in [9.17, 15) is 15.3 Å². The van der Waals surface area contributed by atoms with E-state index >= 15 is 0 Å². The second-order valence-electron chi connectivity index (χ2n) is 3.64. The molecule has 0 aliphatic carbocycles. The molecule has 0 amide bonds. The standard InChI is InChI=1S/C11H11N3O4/c15-6-5-12-9-7-13(16)10-4-2-1-3-8(10)11(9)14(17)18/h1-4,7,12,15H,5-6H2. The number of nitrogens with one attached hydrogen (secondary N) is 1. The SMILES string of the molecule is O=[N+]([O-])c1c(NCCO)c[n+]([O-])c2ccccc12. The predicted octanol–water partition coefficient (Wildman–Crippen LogP) is 0.786. The van der Waals surface area contributed by atoms with Crippen LogP contribution < -0.4 is 10.0 Å². The number of rotatable bonds is 4. The zero-order valence-corrected chi connectivity index (χ0v) is 9.37. The third-order valence-electron chi connectivity index (χ3n) is 2.51. The summed E-state index contributed by atoms with van der Waals surface area (Å²) in [5.41, 5.74) is 0.174. The summed E-state index contributed by atoms with van der Waals surface area (Å²) in [6.07, 6.45) is 1.11. The highest BCUT2D eigenvalue weighted by Gasteiger charge is 2.23. The van der Waals surface area contributed by atoms with Crippen molar-refractivity contribution < 1.29 is 14.8 Å². The normalized spacial score (nSPS) is 10.5. The van der Waals surface area contributed by atoms with Crippen LogP contribution in [0.15, 0.2) is 30.5 Å². The average Bonchev–Trinajstić information content (AvgIpc) is 2.36. The molecule has 0 aliphatic heterocycles. The van der Waals surface area contributed by atoms with Gasteiger partial charge in [0.05, 0.1) is 11.5 Å². The van der Waals surface area contributed by atoms with Crippen molar-refractivity contribution in [2.45, 2.75) is 0 Å². The van der Waals surface area contributed by atoms with Gasteiger partial charge in [-0.1, -0.05) is 12.1 Å². The summed E-state index contributed by atoms with van der Waals surface area (Å²) in [6, 6.07) is 6.31. The van der Waals surface area contributed by atoms with Gasteiger partial charge in [0.2, 0.25) is 11.7 Å².